The highest BCUT2D eigenvalue weighted by Crippen LogP contribution is 2.33. The third kappa shape index (κ3) is 5.98. The van der Waals surface area contributed by atoms with Crippen LogP contribution in [0.15, 0.2) is 28.9 Å². The molecule has 1 aliphatic rings. The summed E-state index contributed by atoms with van der Waals surface area (Å²) >= 11 is 3.63. The molecule has 0 aliphatic heterocycles. The minimum absolute atomic E-state index is 0.443. The monoisotopic (exact) mass is 477 g/mol. The fraction of sp³-hybridized carbons (Fsp3) is 0.545. The number of nitrogens with one attached hydrogen (secondary N) is 2. The molecule has 0 amide bonds. The smallest absolute Gasteiger partial charge is 0.224 e. The minimum Gasteiger partial charge on any atom is -0.493 e. The van der Waals surface area contributed by atoms with Crippen LogP contribution in [0.25, 0.3) is 0 Å². The number of nitrogens with zero attached hydrogens (tertiary/aromatic N) is 3. The highest BCUT2D eigenvalue weighted by Gasteiger charge is 2.21. The van der Waals surface area contributed by atoms with Gasteiger partial charge in [0.05, 0.1) is 14.2 Å². The van der Waals surface area contributed by atoms with E-state index >= 15 is 0 Å². The molecule has 2 aromatic rings. The van der Waals surface area contributed by atoms with Gasteiger partial charge in [-0.1, -0.05) is 15.9 Å². The highest BCUT2D eigenvalue weighted by molar-refractivity contribution is 9.10. The van der Waals surface area contributed by atoms with Crippen molar-refractivity contribution in [1.82, 2.24) is 15.3 Å². The Morgan fingerprint density at radius 2 is 1.80 bits per heavy atom. The molecule has 0 spiro atoms. The largest absolute Gasteiger partial charge is 0.493 e. The molecule has 0 saturated heterocycles. The van der Waals surface area contributed by atoms with Crippen molar-refractivity contribution in [2.45, 2.75) is 38.3 Å². The number of anilines is 2. The van der Waals surface area contributed by atoms with Gasteiger partial charge in [0.2, 0.25) is 5.95 Å². The minimum atomic E-state index is 0.443. The summed E-state index contributed by atoms with van der Waals surface area (Å²) in [7, 11) is 7.30. The molecule has 3 rings (SSSR count). The number of methoxy groups -OCH3 is 2. The topological polar surface area (TPSA) is 71.5 Å². The van der Waals surface area contributed by atoms with Gasteiger partial charge >= 0.3 is 0 Å². The summed E-state index contributed by atoms with van der Waals surface area (Å²) in [4.78, 5) is 10.9. The number of rotatable bonds is 9. The number of hydrogen-bond acceptors (Lipinski definition) is 7. The normalized spacial score (nSPS) is 18.7. The van der Waals surface area contributed by atoms with Crippen LogP contribution in [-0.4, -0.2) is 50.9 Å². The summed E-state index contributed by atoms with van der Waals surface area (Å²) in [6, 6.07) is 6.35. The fourth-order valence-electron chi connectivity index (χ4n) is 3.80. The number of halogens is 1. The summed E-state index contributed by atoms with van der Waals surface area (Å²) in [5.74, 6) is 3.83. The van der Waals surface area contributed by atoms with E-state index in [1.807, 2.05) is 43.4 Å². The molecule has 0 unspecified atom stereocenters. The van der Waals surface area contributed by atoms with Gasteiger partial charge < -0.3 is 25.0 Å². The maximum absolute atomic E-state index is 5.42. The van der Waals surface area contributed by atoms with Crippen molar-refractivity contribution in [1.29, 1.82) is 0 Å². The van der Waals surface area contributed by atoms with Crippen molar-refractivity contribution in [2.24, 2.45) is 5.92 Å². The molecule has 1 aliphatic carbocycles. The Morgan fingerprint density at radius 1 is 1.10 bits per heavy atom. The van der Waals surface area contributed by atoms with E-state index in [0.29, 0.717) is 12.0 Å². The molecular formula is C22H32BrN5O2. The summed E-state index contributed by atoms with van der Waals surface area (Å²) in [5, 5.41) is 7.12. The van der Waals surface area contributed by atoms with Gasteiger partial charge in [-0.2, -0.15) is 4.98 Å². The van der Waals surface area contributed by atoms with E-state index in [4.69, 9.17) is 9.47 Å². The van der Waals surface area contributed by atoms with Gasteiger partial charge in [-0.25, -0.2) is 4.98 Å². The number of hydrogen-bond donors (Lipinski definition) is 2. The predicted molar refractivity (Wildman–Crippen MR) is 125 cm³/mol. The number of aromatic nitrogens is 2. The maximum atomic E-state index is 5.42. The fourth-order valence-corrected chi connectivity index (χ4v) is 4.27. The molecule has 8 heteroatoms. The zero-order valence-electron chi connectivity index (χ0n) is 18.2. The molecule has 7 nitrogen and oxygen atoms in total. The number of benzene rings is 1. The maximum Gasteiger partial charge on any atom is 0.224 e. The van der Waals surface area contributed by atoms with Crippen LogP contribution in [0, 0.1) is 5.92 Å². The Kier molecular flexibility index (Phi) is 8.16. The second-order valence-corrected chi connectivity index (χ2v) is 8.78. The Hall–Kier alpha value is -2.06. The number of ether oxygens (including phenoxy) is 2. The van der Waals surface area contributed by atoms with Crippen LogP contribution >= 0.6 is 15.9 Å². The lowest BCUT2D eigenvalue weighted by atomic mass is 9.86. The van der Waals surface area contributed by atoms with Crippen molar-refractivity contribution in [2.75, 3.05) is 45.1 Å². The van der Waals surface area contributed by atoms with Gasteiger partial charge in [0.15, 0.2) is 11.5 Å². The first-order chi connectivity index (χ1) is 14.5. The zero-order valence-corrected chi connectivity index (χ0v) is 19.8. The Balaban J connectivity index is 1.44. The summed E-state index contributed by atoms with van der Waals surface area (Å²) in [6.45, 7) is 1.81. The van der Waals surface area contributed by atoms with Crippen LogP contribution in [0.3, 0.4) is 0 Å². The molecule has 1 fully saturated rings. The van der Waals surface area contributed by atoms with E-state index in [9.17, 15) is 0 Å². The summed E-state index contributed by atoms with van der Waals surface area (Å²) < 4.78 is 11.8. The molecule has 164 valence electrons. The molecule has 2 N–H and O–H groups in total. The van der Waals surface area contributed by atoms with Gasteiger partial charge in [0, 0.05) is 37.4 Å². The van der Waals surface area contributed by atoms with E-state index in [0.717, 1.165) is 53.7 Å². The lowest BCUT2D eigenvalue weighted by molar-refractivity contribution is 0.323. The molecule has 1 saturated carbocycles. The second-order valence-electron chi connectivity index (χ2n) is 7.92. The van der Waals surface area contributed by atoms with Crippen LogP contribution in [0.4, 0.5) is 11.8 Å². The third-order valence-corrected chi connectivity index (χ3v) is 6.32. The van der Waals surface area contributed by atoms with Crippen LogP contribution < -0.4 is 25.0 Å². The van der Waals surface area contributed by atoms with Crippen LogP contribution in [0.2, 0.25) is 0 Å². The van der Waals surface area contributed by atoms with Gasteiger partial charge in [0.1, 0.15) is 5.82 Å². The molecule has 1 aromatic heterocycles. The predicted octanol–water partition coefficient (Wildman–Crippen LogP) is 4.08. The van der Waals surface area contributed by atoms with Crippen molar-refractivity contribution in [3.05, 3.63) is 34.4 Å². The lowest BCUT2D eigenvalue weighted by Gasteiger charge is -2.29. The van der Waals surface area contributed by atoms with Crippen molar-refractivity contribution in [3.63, 3.8) is 0 Å². The average Bonchev–Trinajstić information content (AvgIpc) is 2.76. The van der Waals surface area contributed by atoms with E-state index < -0.39 is 0 Å². The average molecular weight is 478 g/mol. The first-order valence-electron chi connectivity index (χ1n) is 10.4. The standard InChI is InChI=1S/C22H32BrN5O2/c1-28(2)21-9-10-25-22(27-21)26-17-7-5-15(6-8-17)13-24-14-16-11-19(29-3)20(30-4)12-18(16)23/h9-12,15,17,24H,5-8,13-14H2,1-4H3,(H,25,26,27). The summed E-state index contributed by atoms with van der Waals surface area (Å²) in [6.07, 6.45) is 6.49. The SMILES string of the molecule is COc1cc(Br)c(CNCC2CCC(Nc3nccc(N(C)C)n3)CC2)cc1OC. The van der Waals surface area contributed by atoms with Crippen LogP contribution in [0.5, 0.6) is 11.5 Å². The molecule has 1 aromatic carbocycles. The Bertz CT molecular complexity index is 825. The van der Waals surface area contributed by atoms with Crippen LogP contribution in [0.1, 0.15) is 31.2 Å². The van der Waals surface area contributed by atoms with E-state index in [2.05, 4.69) is 36.5 Å². The van der Waals surface area contributed by atoms with Gasteiger partial charge in [-0.3, -0.25) is 0 Å². The highest BCUT2D eigenvalue weighted by atomic mass is 79.9. The van der Waals surface area contributed by atoms with E-state index in [-0.39, 0.29) is 0 Å². The van der Waals surface area contributed by atoms with Crippen molar-refractivity contribution < 1.29 is 9.47 Å². The summed E-state index contributed by atoms with van der Waals surface area (Å²) in [5.41, 5.74) is 1.17. The first kappa shape index (κ1) is 22.6. The molecule has 0 atom stereocenters. The Labute approximate surface area is 187 Å². The quantitative estimate of drug-likeness (QED) is 0.563. The van der Waals surface area contributed by atoms with Gasteiger partial charge in [-0.05, 0) is 61.9 Å². The van der Waals surface area contributed by atoms with Gasteiger partial charge in [0.25, 0.3) is 0 Å². The Morgan fingerprint density at radius 3 is 2.47 bits per heavy atom. The van der Waals surface area contributed by atoms with Crippen molar-refractivity contribution in [3.8, 4) is 11.5 Å². The second kappa shape index (κ2) is 10.8. The molecule has 0 radical (unpaired) electrons. The zero-order chi connectivity index (χ0) is 21.5. The van der Waals surface area contributed by atoms with Crippen LogP contribution in [-0.2, 0) is 6.54 Å². The van der Waals surface area contributed by atoms with Gasteiger partial charge in [-0.15, -0.1) is 0 Å². The third-order valence-electron chi connectivity index (χ3n) is 5.58. The van der Waals surface area contributed by atoms with Crippen molar-refractivity contribution >= 4 is 27.7 Å². The van der Waals surface area contributed by atoms with E-state index in [1.54, 1.807) is 14.2 Å². The lowest BCUT2D eigenvalue weighted by Crippen LogP contribution is -2.31. The molecule has 30 heavy (non-hydrogen) atoms. The van der Waals surface area contributed by atoms with E-state index in [1.165, 1.54) is 18.4 Å². The molecule has 1 heterocycles. The molecular weight excluding hydrogens is 446 g/mol. The molecule has 0 bridgehead atoms. The first-order valence-corrected chi connectivity index (χ1v) is 11.2.